The largest absolute Gasteiger partial charge is 0.458 e. The molecule has 0 radical (unpaired) electrons. The number of amides is 5. The third-order valence-corrected chi connectivity index (χ3v) is 18.2. The first-order chi connectivity index (χ1) is 31.2. The van der Waals surface area contributed by atoms with E-state index in [0.29, 0.717) is 83.4 Å². The molecule has 17 nitrogen and oxygen atoms in total. The van der Waals surface area contributed by atoms with Gasteiger partial charge in [-0.2, -0.15) is 11.8 Å². The second kappa shape index (κ2) is 22.0. The SMILES string of the molecule is C[C@]12CC[C@H](OCC(=O)NCCCCCC(=O)NCCOCCOCCNC(=O)CCCC[C@@H]3SC[C@]4(N)NC(=O)N[C@H]34)C[C@H]1CC[C@@H]1[C@@H]2C[C@@H](O)[C@]2(C)[C@@H](C3=CC(=O)OC3)CC[C@]12O. The van der Waals surface area contributed by atoms with Crippen LogP contribution in [0.4, 0.5) is 4.79 Å². The highest BCUT2D eigenvalue weighted by atomic mass is 32.2. The number of ether oxygens (including phenoxy) is 4. The lowest BCUT2D eigenvalue weighted by molar-refractivity contribution is -0.245. The highest BCUT2D eigenvalue weighted by molar-refractivity contribution is 8.00. The molecule has 0 spiro atoms. The number of hydrogen-bond donors (Lipinski definition) is 8. The van der Waals surface area contributed by atoms with Crippen molar-refractivity contribution in [3.8, 4) is 0 Å². The van der Waals surface area contributed by atoms with E-state index in [1.165, 1.54) is 0 Å². The summed E-state index contributed by atoms with van der Waals surface area (Å²) in [5.74, 6) is 0.821. The molecule has 0 aromatic heterocycles. The molecule has 0 unspecified atom stereocenters. The molecule has 5 amide bonds. The zero-order valence-corrected chi connectivity index (χ0v) is 39.5. The fourth-order valence-electron chi connectivity index (χ4n) is 13.0. The van der Waals surface area contributed by atoms with Gasteiger partial charge in [0.25, 0.3) is 0 Å². The predicted octanol–water partition coefficient (Wildman–Crippen LogP) is 2.55. The molecular formula is C47H76N6O11S. The Morgan fingerprint density at radius 2 is 1.57 bits per heavy atom. The molecule has 0 bridgehead atoms. The Hall–Kier alpha value is -3.00. The normalized spacial score (nSPS) is 36.9. The molecule has 12 atom stereocenters. The maximum Gasteiger partial charge on any atom is 0.331 e. The Morgan fingerprint density at radius 1 is 0.862 bits per heavy atom. The molecule has 4 saturated carbocycles. The number of thioether (sulfide) groups is 1. The number of urea groups is 1. The van der Waals surface area contributed by atoms with E-state index in [0.717, 1.165) is 82.6 Å². The van der Waals surface area contributed by atoms with E-state index in [4.69, 9.17) is 24.7 Å². The molecule has 65 heavy (non-hydrogen) atoms. The van der Waals surface area contributed by atoms with E-state index in [2.05, 4.69) is 33.5 Å². The van der Waals surface area contributed by atoms with Crippen LogP contribution in [-0.2, 0) is 38.1 Å². The number of nitrogens with one attached hydrogen (secondary N) is 5. The number of carbonyl (C=O) groups excluding carboxylic acids is 5. The van der Waals surface area contributed by atoms with Crippen LogP contribution in [0.5, 0.6) is 0 Å². The van der Waals surface area contributed by atoms with Crippen molar-refractivity contribution in [3.05, 3.63) is 11.6 Å². The van der Waals surface area contributed by atoms with Crippen molar-refractivity contribution < 1.29 is 53.1 Å². The number of aliphatic hydroxyl groups excluding tert-OH is 1. The number of aliphatic hydroxyl groups is 2. The molecule has 7 rings (SSSR count). The Bertz CT molecular complexity index is 1740. The van der Waals surface area contributed by atoms with Gasteiger partial charge >= 0.3 is 12.0 Å². The third-order valence-electron chi connectivity index (χ3n) is 16.6. The second-order valence-corrected chi connectivity index (χ2v) is 21.6. The molecule has 0 aromatic carbocycles. The van der Waals surface area contributed by atoms with Crippen LogP contribution in [0.3, 0.4) is 0 Å². The first kappa shape index (κ1) is 49.9. The zero-order valence-electron chi connectivity index (χ0n) is 38.6. The Labute approximate surface area is 388 Å². The van der Waals surface area contributed by atoms with Crippen LogP contribution in [0.15, 0.2) is 11.6 Å². The monoisotopic (exact) mass is 933 g/mol. The summed E-state index contributed by atoms with van der Waals surface area (Å²) in [7, 11) is 0. The minimum atomic E-state index is -0.994. The van der Waals surface area contributed by atoms with Gasteiger partial charge in [-0.25, -0.2) is 9.59 Å². The topological polar surface area (TPSA) is 249 Å². The van der Waals surface area contributed by atoms with Gasteiger partial charge in [-0.3, -0.25) is 14.4 Å². The van der Waals surface area contributed by atoms with E-state index in [1.807, 2.05) is 6.92 Å². The first-order valence-electron chi connectivity index (χ1n) is 24.5. The van der Waals surface area contributed by atoms with Crippen molar-refractivity contribution >= 4 is 41.5 Å². The molecule has 3 aliphatic heterocycles. The lowest BCUT2D eigenvalue weighted by Crippen LogP contribution is -2.67. The standard InChI is InChI=1S/C47H76N6O11S/c1-44-15-13-32(25-31(44)11-12-34-35(44)26-37(54)45(2)33(14-16-46(34,45)60)30-24-41(58)64-27-30)63-28-40(57)49-17-7-3-4-9-38(55)50-18-20-61-22-23-62-21-19-51-39(56)10-6-5-8-36-42-47(48,29-65-36)53-43(59)52-42/h24,31-37,42,54,60H,3-23,25-29,48H2,1-2H3,(H,49,57)(H,50,55)(H,51,56)(H2,52,53,59)/t31-,32+,33-,34-,35+,36+,37-,42-,44+,45+,46+,47+/m1/s1. The fourth-order valence-corrected chi connectivity index (χ4v) is 14.5. The van der Waals surface area contributed by atoms with Gasteiger partial charge in [-0.15, -0.1) is 0 Å². The summed E-state index contributed by atoms with van der Waals surface area (Å²) in [4.78, 5) is 60.6. The Morgan fingerprint density at radius 3 is 2.28 bits per heavy atom. The second-order valence-electron chi connectivity index (χ2n) is 20.4. The third kappa shape index (κ3) is 11.3. The van der Waals surface area contributed by atoms with Crippen molar-refractivity contribution in [2.24, 2.45) is 40.2 Å². The Kier molecular flexibility index (Phi) is 16.9. The van der Waals surface area contributed by atoms with Crippen molar-refractivity contribution in [1.82, 2.24) is 26.6 Å². The van der Waals surface area contributed by atoms with Crippen LogP contribution < -0.4 is 32.3 Å². The van der Waals surface area contributed by atoms with Crippen LogP contribution >= 0.6 is 11.8 Å². The minimum Gasteiger partial charge on any atom is -0.458 e. The van der Waals surface area contributed by atoms with Crippen molar-refractivity contribution in [2.45, 2.75) is 151 Å². The highest BCUT2D eigenvalue weighted by Crippen LogP contribution is 2.70. The van der Waals surface area contributed by atoms with E-state index < -0.39 is 22.8 Å². The van der Waals surface area contributed by atoms with Crippen molar-refractivity contribution in [3.63, 3.8) is 0 Å². The summed E-state index contributed by atoms with van der Waals surface area (Å²) in [6, 6.07) is -0.280. The summed E-state index contributed by atoms with van der Waals surface area (Å²) in [5.41, 5.74) is 4.79. The number of cyclic esters (lactones) is 1. The minimum absolute atomic E-state index is 0.00448. The van der Waals surface area contributed by atoms with E-state index in [9.17, 15) is 34.2 Å². The van der Waals surface area contributed by atoms with Gasteiger partial charge in [0, 0.05) is 55.0 Å². The van der Waals surface area contributed by atoms with Crippen molar-refractivity contribution in [2.75, 3.05) is 65.0 Å². The lowest BCUT2D eigenvalue weighted by Gasteiger charge is -2.65. The van der Waals surface area contributed by atoms with Crippen LogP contribution in [0.1, 0.15) is 117 Å². The molecule has 18 heteroatoms. The van der Waals surface area contributed by atoms with Gasteiger partial charge in [0.2, 0.25) is 17.7 Å². The Balaban J connectivity index is 0.653. The summed E-state index contributed by atoms with van der Waals surface area (Å²) in [6.07, 6.45) is 13.2. The van der Waals surface area contributed by atoms with Gasteiger partial charge in [0.05, 0.1) is 50.3 Å². The van der Waals surface area contributed by atoms with Crippen LogP contribution in [-0.4, -0.2) is 140 Å². The zero-order chi connectivity index (χ0) is 46.2. The number of carbonyl (C=O) groups is 5. The summed E-state index contributed by atoms with van der Waals surface area (Å²) in [6.45, 7) is 7.60. The quantitative estimate of drug-likeness (QED) is 0.0395. The summed E-state index contributed by atoms with van der Waals surface area (Å²) >= 11 is 1.76. The summed E-state index contributed by atoms with van der Waals surface area (Å²) < 4.78 is 22.5. The maximum atomic E-state index is 12.7. The molecule has 2 saturated heterocycles. The molecule has 6 fully saturated rings. The fraction of sp³-hybridized carbons (Fsp3) is 0.851. The molecule has 7 aliphatic rings. The average Bonchev–Trinajstić information content (AvgIpc) is 4.00. The van der Waals surface area contributed by atoms with Gasteiger partial charge in [-0.1, -0.05) is 26.7 Å². The van der Waals surface area contributed by atoms with Crippen molar-refractivity contribution in [1.29, 1.82) is 0 Å². The van der Waals surface area contributed by atoms with E-state index in [-0.39, 0.29) is 83.5 Å². The number of unbranched alkanes of at least 4 members (excludes halogenated alkanes) is 3. The van der Waals surface area contributed by atoms with Crippen LogP contribution in [0.25, 0.3) is 0 Å². The number of hydrogen-bond acceptors (Lipinski definition) is 13. The van der Waals surface area contributed by atoms with Gasteiger partial charge in [-0.05, 0) is 112 Å². The van der Waals surface area contributed by atoms with Gasteiger partial charge < -0.3 is 61.5 Å². The number of esters is 1. The van der Waals surface area contributed by atoms with Crippen LogP contribution in [0, 0.1) is 34.5 Å². The predicted molar refractivity (Wildman–Crippen MR) is 243 cm³/mol. The van der Waals surface area contributed by atoms with E-state index >= 15 is 0 Å². The highest BCUT2D eigenvalue weighted by Gasteiger charge is 2.71. The molecule has 366 valence electrons. The molecule has 0 aromatic rings. The van der Waals surface area contributed by atoms with Gasteiger partial charge in [0.15, 0.2) is 0 Å². The molecular weight excluding hydrogens is 857 g/mol. The van der Waals surface area contributed by atoms with E-state index in [1.54, 1.807) is 17.8 Å². The van der Waals surface area contributed by atoms with Crippen LogP contribution in [0.2, 0.25) is 0 Å². The molecule has 9 N–H and O–H groups in total. The summed E-state index contributed by atoms with van der Waals surface area (Å²) in [5, 5.41) is 39.0. The molecule has 3 heterocycles. The maximum absolute atomic E-state index is 12.7. The average molecular weight is 933 g/mol. The smallest absolute Gasteiger partial charge is 0.331 e. The first-order valence-corrected chi connectivity index (χ1v) is 25.5. The number of nitrogens with two attached hydrogens (primary N) is 1. The van der Waals surface area contributed by atoms with Gasteiger partial charge in [0.1, 0.15) is 18.9 Å². The number of fused-ring (bicyclic) bond motifs is 6. The lowest BCUT2D eigenvalue weighted by atomic mass is 9.42. The molecule has 4 aliphatic carbocycles. The number of rotatable bonds is 24.